The molecule has 0 aromatic heterocycles. The monoisotopic (exact) mass is 328 g/mol. The van der Waals surface area contributed by atoms with Gasteiger partial charge >= 0.3 is 0 Å². The number of carbonyl (C=O) groups is 1. The average Bonchev–Trinajstić information content (AvgIpc) is 2.56. The van der Waals surface area contributed by atoms with Crippen molar-refractivity contribution in [1.29, 1.82) is 0 Å². The zero-order valence-corrected chi connectivity index (χ0v) is 14.1. The van der Waals surface area contributed by atoms with Gasteiger partial charge in [0.05, 0.1) is 12.0 Å². The lowest BCUT2D eigenvalue weighted by Gasteiger charge is -2.16. The Hall–Kier alpha value is -2.89. The Balaban J connectivity index is 2.33. The quantitative estimate of drug-likeness (QED) is 0.656. The molecule has 126 valence electrons. The smallest absolute Gasteiger partial charge is 0.270 e. The highest BCUT2D eigenvalue weighted by Crippen LogP contribution is 2.32. The first-order chi connectivity index (χ1) is 11.3. The highest BCUT2D eigenvalue weighted by Gasteiger charge is 2.15. The number of anilines is 1. The Bertz CT molecular complexity index is 785. The van der Waals surface area contributed by atoms with E-state index in [0.29, 0.717) is 5.69 Å². The van der Waals surface area contributed by atoms with Crippen LogP contribution < -0.4 is 10.1 Å². The Morgan fingerprint density at radius 3 is 2.54 bits per heavy atom. The standard InChI is InChI=1S/C18H20N2O4/c1-11(2)15-10-16(12(3)8-17(15)24-4)19-18(21)13-6-5-7-14(9-13)20(22)23/h5-11H,1-4H3,(H,19,21). The lowest BCUT2D eigenvalue weighted by molar-refractivity contribution is -0.384. The van der Waals surface area contributed by atoms with Crippen LogP contribution in [0.3, 0.4) is 0 Å². The fourth-order valence-corrected chi connectivity index (χ4v) is 2.42. The Labute approximate surface area is 140 Å². The summed E-state index contributed by atoms with van der Waals surface area (Å²) in [4.78, 5) is 22.7. The lowest BCUT2D eigenvalue weighted by atomic mass is 9.99. The lowest BCUT2D eigenvalue weighted by Crippen LogP contribution is -2.13. The molecule has 0 aliphatic carbocycles. The first kappa shape index (κ1) is 17.5. The summed E-state index contributed by atoms with van der Waals surface area (Å²) >= 11 is 0. The number of benzene rings is 2. The second kappa shape index (κ2) is 7.12. The molecule has 0 fully saturated rings. The number of amides is 1. The zero-order valence-electron chi connectivity index (χ0n) is 14.1. The molecule has 0 aliphatic rings. The summed E-state index contributed by atoms with van der Waals surface area (Å²) in [6.45, 7) is 5.95. The van der Waals surface area contributed by atoms with E-state index in [2.05, 4.69) is 5.32 Å². The van der Waals surface area contributed by atoms with Gasteiger partial charge in [0.2, 0.25) is 0 Å². The number of nitro groups is 1. The van der Waals surface area contributed by atoms with E-state index in [1.54, 1.807) is 13.2 Å². The van der Waals surface area contributed by atoms with E-state index in [9.17, 15) is 14.9 Å². The van der Waals surface area contributed by atoms with Crippen LogP contribution in [-0.2, 0) is 0 Å². The summed E-state index contributed by atoms with van der Waals surface area (Å²) < 4.78 is 5.39. The van der Waals surface area contributed by atoms with Gasteiger partial charge in [-0.05, 0) is 42.2 Å². The van der Waals surface area contributed by atoms with Crippen LogP contribution in [0.15, 0.2) is 36.4 Å². The minimum Gasteiger partial charge on any atom is -0.496 e. The fraction of sp³-hybridized carbons (Fsp3) is 0.278. The highest BCUT2D eigenvalue weighted by atomic mass is 16.6. The van der Waals surface area contributed by atoms with Crippen molar-refractivity contribution in [2.75, 3.05) is 12.4 Å². The normalized spacial score (nSPS) is 10.5. The van der Waals surface area contributed by atoms with Crippen LogP contribution >= 0.6 is 0 Å². The number of carbonyl (C=O) groups excluding carboxylic acids is 1. The average molecular weight is 328 g/mol. The molecule has 2 rings (SSSR count). The van der Waals surface area contributed by atoms with Crippen molar-refractivity contribution in [3.05, 3.63) is 63.2 Å². The molecule has 6 heteroatoms. The third-order valence-electron chi connectivity index (χ3n) is 3.77. The number of ether oxygens (including phenoxy) is 1. The van der Waals surface area contributed by atoms with Gasteiger partial charge in [-0.2, -0.15) is 0 Å². The van der Waals surface area contributed by atoms with Crippen LogP contribution in [-0.4, -0.2) is 17.9 Å². The molecule has 0 radical (unpaired) electrons. The molecular formula is C18H20N2O4. The molecule has 1 N–H and O–H groups in total. The van der Waals surface area contributed by atoms with Gasteiger partial charge in [-0.3, -0.25) is 14.9 Å². The van der Waals surface area contributed by atoms with Gasteiger partial charge in [0.15, 0.2) is 0 Å². The number of nitrogens with zero attached hydrogens (tertiary/aromatic N) is 1. The van der Waals surface area contributed by atoms with Crippen LogP contribution in [0, 0.1) is 17.0 Å². The molecule has 0 saturated heterocycles. The summed E-state index contributed by atoms with van der Waals surface area (Å²) in [6, 6.07) is 9.41. The van der Waals surface area contributed by atoms with Gasteiger partial charge < -0.3 is 10.1 Å². The summed E-state index contributed by atoms with van der Waals surface area (Å²) in [5, 5.41) is 13.7. The second-order valence-electron chi connectivity index (χ2n) is 5.83. The van der Waals surface area contributed by atoms with Crippen molar-refractivity contribution in [3.8, 4) is 5.75 Å². The number of nitro benzene ring substituents is 1. The molecule has 0 saturated carbocycles. The predicted octanol–water partition coefficient (Wildman–Crippen LogP) is 4.29. The van der Waals surface area contributed by atoms with Crippen molar-refractivity contribution < 1.29 is 14.5 Å². The maximum absolute atomic E-state index is 12.4. The zero-order chi connectivity index (χ0) is 17.9. The predicted molar refractivity (Wildman–Crippen MR) is 92.9 cm³/mol. The van der Waals surface area contributed by atoms with Crippen molar-refractivity contribution in [1.82, 2.24) is 0 Å². The third-order valence-corrected chi connectivity index (χ3v) is 3.77. The number of aryl methyl sites for hydroxylation is 1. The van der Waals surface area contributed by atoms with E-state index in [1.165, 1.54) is 18.2 Å². The minimum atomic E-state index is -0.522. The Morgan fingerprint density at radius 2 is 1.96 bits per heavy atom. The molecule has 0 aliphatic heterocycles. The topological polar surface area (TPSA) is 81.5 Å². The number of nitrogens with one attached hydrogen (secondary N) is 1. The first-order valence-electron chi connectivity index (χ1n) is 7.57. The number of hydrogen-bond donors (Lipinski definition) is 1. The van der Waals surface area contributed by atoms with Crippen LogP contribution in [0.4, 0.5) is 11.4 Å². The van der Waals surface area contributed by atoms with Gasteiger partial charge in [-0.1, -0.05) is 19.9 Å². The number of methoxy groups -OCH3 is 1. The molecule has 2 aromatic carbocycles. The molecule has 0 bridgehead atoms. The molecule has 0 atom stereocenters. The van der Waals surface area contributed by atoms with Gasteiger partial charge in [-0.25, -0.2) is 0 Å². The minimum absolute atomic E-state index is 0.114. The molecule has 0 heterocycles. The van der Waals surface area contributed by atoms with Crippen molar-refractivity contribution >= 4 is 17.3 Å². The van der Waals surface area contributed by atoms with Gasteiger partial charge in [0.1, 0.15) is 5.75 Å². The molecular weight excluding hydrogens is 308 g/mol. The first-order valence-corrected chi connectivity index (χ1v) is 7.57. The van der Waals surface area contributed by atoms with Crippen LogP contribution in [0.2, 0.25) is 0 Å². The van der Waals surface area contributed by atoms with Gasteiger partial charge in [-0.15, -0.1) is 0 Å². The molecule has 1 amide bonds. The molecule has 24 heavy (non-hydrogen) atoms. The second-order valence-corrected chi connectivity index (χ2v) is 5.83. The number of non-ortho nitro benzene ring substituents is 1. The third kappa shape index (κ3) is 3.71. The van der Waals surface area contributed by atoms with Crippen LogP contribution in [0.1, 0.15) is 41.3 Å². The summed E-state index contributed by atoms with van der Waals surface area (Å²) in [6.07, 6.45) is 0. The van der Waals surface area contributed by atoms with E-state index in [0.717, 1.165) is 16.9 Å². The van der Waals surface area contributed by atoms with E-state index in [4.69, 9.17) is 4.74 Å². The number of hydrogen-bond acceptors (Lipinski definition) is 4. The molecule has 6 nitrogen and oxygen atoms in total. The molecule has 2 aromatic rings. The summed E-state index contributed by atoms with van der Waals surface area (Å²) in [5.74, 6) is 0.617. The van der Waals surface area contributed by atoms with Gasteiger partial charge in [0.25, 0.3) is 11.6 Å². The number of rotatable bonds is 5. The van der Waals surface area contributed by atoms with Gasteiger partial charge in [0, 0.05) is 23.4 Å². The van der Waals surface area contributed by atoms with Crippen molar-refractivity contribution in [3.63, 3.8) is 0 Å². The SMILES string of the molecule is COc1cc(C)c(NC(=O)c2cccc([N+](=O)[O-])c2)cc1C(C)C. The molecule has 0 unspecified atom stereocenters. The van der Waals surface area contributed by atoms with Crippen molar-refractivity contribution in [2.45, 2.75) is 26.7 Å². The van der Waals surface area contributed by atoms with Crippen LogP contribution in [0.5, 0.6) is 5.75 Å². The fourth-order valence-electron chi connectivity index (χ4n) is 2.42. The highest BCUT2D eigenvalue weighted by molar-refractivity contribution is 6.05. The summed E-state index contributed by atoms with van der Waals surface area (Å²) in [7, 11) is 1.61. The maximum atomic E-state index is 12.4. The van der Waals surface area contributed by atoms with E-state index in [1.807, 2.05) is 32.9 Å². The summed E-state index contributed by atoms with van der Waals surface area (Å²) in [5.41, 5.74) is 2.63. The van der Waals surface area contributed by atoms with Crippen LogP contribution in [0.25, 0.3) is 0 Å². The van der Waals surface area contributed by atoms with E-state index >= 15 is 0 Å². The Kier molecular flexibility index (Phi) is 5.18. The molecule has 0 spiro atoms. The maximum Gasteiger partial charge on any atom is 0.270 e. The Morgan fingerprint density at radius 1 is 1.25 bits per heavy atom. The van der Waals surface area contributed by atoms with E-state index < -0.39 is 4.92 Å². The van der Waals surface area contributed by atoms with E-state index in [-0.39, 0.29) is 23.1 Å². The largest absolute Gasteiger partial charge is 0.496 e. The van der Waals surface area contributed by atoms with Crippen molar-refractivity contribution in [2.24, 2.45) is 0 Å².